The fraction of sp³-hybridized carbons (Fsp3) is 0.0769. The summed E-state index contributed by atoms with van der Waals surface area (Å²) in [4.78, 5) is 16.6. The predicted molar refractivity (Wildman–Crippen MR) is 80.1 cm³/mol. The molecular weight excluding hydrogens is 303 g/mol. The maximum atomic E-state index is 11.7. The van der Waals surface area contributed by atoms with E-state index in [2.05, 4.69) is 10.3 Å². The van der Waals surface area contributed by atoms with Crippen LogP contribution in [0, 0.1) is 0 Å². The number of anilines is 1. The first-order valence-electron chi connectivity index (χ1n) is 5.44. The Hall–Kier alpha value is -1.23. The lowest BCUT2D eigenvalue weighted by atomic mass is 10.4. The molecule has 1 amide bonds. The summed E-state index contributed by atoms with van der Waals surface area (Å²) < 4.78 is 0. The van der Waals surface area contributed by atoms with Gasteiger partial charge in [0, 0.05) is 11.1 Å². The minimum absolute atomic E-state index is 0.139. The molecule has 0 spiro atoms. The number of amides is 1. The van der Waals surface area contributed by atoms with Gasteiger partial charge in [-0.2, -0.15) is 0 Å². The highest BCUT2D eigenvalue weighted by Crippen LogP contribution is 2.26. The molecule has 1 N–H and O–H groups in total. The number of halogens is 2. The van der Waals surface area contributed by atoms with Crippen molar-refractivity contribution in [1.29, 1.82) is 0 Å². The lowest BCUT2D eigenvalue weighted by Crippen LogP contribution is -2.14. The van der Waals surface area contributed by atoms with Crippen molar-refractivity contribution in [3.8, 4) is 0 Å². The van der Waals surface area contributed by atoms with Gasteiger partial charge in [0.2, 0.25) is 5.91 Å². The zero-order chi connectivity index (χ0) is 13.7. The number of carbonyl (C=O) groups is 1. The molecular formula is C13H10Cl2N2OS. The number of benzene rings is 1. The van der Waals surface area contributed by atoms with Crippen LogP contribution in [0.15, 0.2) is 47.5 Å². The first kappa shape index (κ1) is 14.2. The summed E-state index contributed by atoms with van der Waals surface area (Å²) in [6, 6.07) is 10.7. The van der Waals surface area contributed by atoms with Crippen LogP contribution in [0.25, 0.3) is 0 Å². The third-order valence-electron chi connectivity index (χ3n) is 2.19. The Bertz CT molecular complexity index is 575. The molecule has 0 bridgehead atoms. The molecule has 1 heterocycles. The normalized spacial score (nSPS) is 10.2. The van der Waals surface area contributed by atoms with E-state index in [1.54, 1.807) is 18.2 Å². The Morgan fingerprint density at radius 3 is 2.68 bits per heavy atom. The van der Waals surface area contributed by atoms with Crippen molar-refractivity contribution in [2.45, 2.75) is 4.90 Å². The Labute approximate surface area is 125 Å². The Balaban J connectivity index is 1.88. The number of hydrogen-bond donors (Lipinski definition) is 1. The van der Waals surface area contributed by atoms with Crippen LogP contribution in [-0.4, -0.2) is 16.6 Å². The van der Waals surface area contributed by atoms with Crippen LogP contribution in [0.1, 0.15) is 0 Å². The Morgan fingerprint density at radius 2 is 2.00 bits per heavy atom. The quantitative estimate of drug-likeness (QED) is 0.863. The Morgan fingerprint density at radius 1 is 1.21 bits per heavy atom. The molecule has 0 fully saturated rings. The van der Waals surface area contributed by atoms with E-state index in [-0.39, 0.29) is 11.7 Å². The number of thioether (sulfide) groups is 1. The Kier molecular flexibility index (Phi) is 5.07. The number of carbonyl (C=O) groups excluding carboxylic acids is 1. The highest BCUT2D eigenvalue weighted by atomic mass is 35.5. The maximum absolute atomic E-state index is 11.7. The molecule has 0 saturated carbocycles. The summed E-state index contributed by atoms with van der Waals surface area (Å²) in [5, 5.41) is 3.86. The van der Waals surface area contributed by atoms with Crippen molar-refractivity contribution in [2.75, 3.05) is 11.1 Å². The average Bonchev–Trinajstić information content (AvgIpc) is 2.40. The number of pyridine rings is 1. The highest BCUT2D eigenvalue weighted by Gasteiger charge is 2.06. The molecule has 0 atom stereocenters. The number of nitrogens with one attached hydrogen (secondary N) is 1. The van der Waals surface area contributed by atoms with Gasteiger partial charge in [-0.3, -0.25) is 4.79 Å². The molecule has 2 rings (SSSR count). The zero-order valence-electron chi connectivity index (χ0n) is 9.77. The molecule has 98 valence electrons. The van der Waals surface area contributed by atoms with Crippen LogP contribution >= 0.6 is 35.0 Å². The van der Waals surface area contributed by atoms with Crippen molar-refractivity contribution in [3.63, 3.8) is 0 Å². The molecule has 0 radical (unpaired) electrons. The van der Waals surface area contributed by atoms with E-state index in [0.29, 0.717) is 15.9 Å². The number of nitrogens with zero attached hydrogens (tertiary/aromatic N) is 1. The van der Waals surface area contributed by atoms with Gasteiger partial charge in [-0.05, 0) is 24.3 Å². The minimum Gasteiger partial charge on any atom is -0.310 e. The second kappa shape index (κ2) is 6.80. The van der Waals surface area contributed by atoms with Gasteiger partial charge in [0.05, 0.1) is 15.8 Å². The molecule has 0 aliphatic rings. The van der Waals surface area contributed by atoms with Crippen LogP contribution in [0.2, 0.25) is 10.0 Å². The fourth-order valence-corrected chi connectivity index (χ4v) is 2.48. The minimum atomic E-state index is -0.139. The fourth-order valence-electron chi connectivity index (χ4n) is 1.33. The van der Waals surface area contributed by atoms with E-state index in [1.165, 1.54) is 18.0 Å². The largest absolute Gasteiger partial charge is 0.310 e. The monoisotopic (exact) mass is 312 g/mol. The summed E-state index contributed by atoms with van der Waals surface area (Å²) >= 11 is 13.1. The van der Waals surface area contributed by atoms with Crippen molar-refractivity contribution in [3.05, 3.63) is 52.6 Å². The zero-order valence-corrected chi connectivity index (χ0v) is 12.1. The third kappa shape index (κ3) is 4.42. The van der Waals surface area contributed by atoms with Crippen molar-refractivity contribution in [1.82, 2.24) is 4.98 Å². The van der Waals surface area contributed by atoms with Crippen LogP contribution in [0.4, 0.5) is 5.82 Å². The van der Waals surface area contributed by atoms with Gasteiger partial charge < -0.3 is 5.32 Å². The van der Waals surface area contributed by atoms with Crippen molar-refractivity contribution < 1.29 is 4.79 Å². The van der Waals surface area contributed by atoms with Gasteiger partial charge >= 0.3 is 0 Å². The first-order valence-corrected chi connectivity index (χ1v) is 7.18. The standard InChI is InChI=1S/C13H10Cl2N2OS/c14-9-5-6-12(16-7-9)17-13(18)8-19-11-4-2-1-3-10(11)15/h1-7H,8H2,(H,16,17,18). The van der Waals surface area contributed by atoms with Gasteiger partial charge in [0.15, 0.2) is 0 Å². The molecule has 2 aromatic rings. The molecule has 0 aliphatic heterocycles. The lowest BCUT2D eigenvalue weighted by molar-refractivity contribution is -0.113. The number of aromatic nitrogens is 1. The smallest absolute Gasteiger partial charge is 0.235 e. The summed E-state index contributed by atoms with van der Waals surface area (Å²) in [7, 11) is 0. The maximum Gasteiger partial charge on any atom is 0.235 e. The number of rotatable bonds is 4. The molecule has 19 heavy (non-hydrogen) atoms. The molecule has 1 aromatic carbocycles. The third-order valence-corrected chi connectivity index (χ3v) is 3.93. The van der Waals surface area contributed by atoms with E-state index < -0.39 is 0 Å². The molecule has 6 heteroatoms. The number of hydrogen-bond acceptors (Lipinski definition) is 3. The summed E-state index contributed by atoms with van der Waals surface area (Å²) in [6.07, 6.45) is 1.48. The van der Waals surface area contributed by atoms with Gasteiger partial charge in [0.1, 0.15) is 5.82 Å². The van der Waals surface area contributed by atoms with E-state index in [1.807, 2.05) is 18.2 Å². The molecule has 0 saturated heterocycles. The second-order valence-electron chi connectivity index (χ2n) is 3.63. The average molecular weight is 313 g/mol. The highest BCUT2D eigenvalue weighted by molar-refractivity contribution is 8.00. The van der Waals surface area contributed by atoms with E-state index in [9.17, 15) is 4.79 Å². The van der Waals surface area contributed by atoms with Crippen LogP contribution in [0.5, 0.6) is 0 Å². The van der Waals surface area contributed by atoms with Crippen molar-refractivity contribution >= 4 is 46.7 Å². The van der Waals surface area contributed by atoms with Crippen LogP contribution in [0.3, 0.4) is 0 Å². The van der Waals surface area contributed by atoms with Gasteiger partial charge in [-0.1, -0.05) is 35.3 Å². The SMILES string of the molecule is O=C(CSc1ccccc1Cl)Nc1ccc(Cl)cn1. The molecule has 0 unspecified atom stereocenters. The van der Waals surface area contributed by atoms with Gasteiger partial charge in [0.25, 0.3) is 0 Å². The van der Waals surface area contributed by atoms with Crippen LogP contribution in [-0.2, 0) is 4.79 Å². The molecule has 0 aliphatic carbocycles. The second-order valence-corrected chi connectivity index (χ2v) is 5.49. The van der Waals surface area contributed by atoms with E-state index in [4.69, 9.17) is 23.2 Å². The van der Waals surface area contributed by atoms with Gasteiger partial charge in [-0.15, -0.1) is 11.8 Å². The summed E-state index contributed by atoms with van der Waals surface area (Å²) in [5.74, 6) is 0.613. The molecule has 1 aromatic heterocycles. The first-order chi connectivity index (χ1) is 9.15. The van der Waals surface area contributed by atoms with Crippen LogP contribution < -0.4 is 5.32 Å². The lowest BCUT2D eigenvalue weighted by Gasteiger charge is -2.05. The van der Waals surface area contributed by atoms with E-state index >= 15 is 0 Å². The molecule has 3 nitrogen and oxygen atoms in total. The summed E-state index contributed by atoms with van der Waals surface area (Å²) in [5.41, 5.74) is 0. The predicted octanol–water partition coefficient (Wildman–Crippen LogP) is 4.12. The summed E-state index contributed by atoms with van der Waals surface area (Å²) in [6.45, 7) is 0. The van der Waals surface area contributed by atoms with Crippen molar-refractivity contribution in [2.24, 2.45) is 0 Å². The van der Waals surface area contributed by atoms with E-state index in [0.717, 1.165) is 4.90 Å². The topological polar surface area (TPSA) is 42.0 Å². The van der Waals surface area contributed by atoms with Gasteiger partial charge in [-0.25, -0.2) is 4.98 Å².